The molecule has 0 saturated heterocycles. The summed E-state index contributed by atoms with van der Waals surface area (Å²) in [5.74, 6) is 0.549. The lowest BCUT2D eigenvalue weighted by atomic mass is 10.2. The Labute approximate surface area is 117 Å². The van der Waals surface area contributed by atoms with E-state index in [1.54, 1.807) is 23.1 Å². The maximum Gasteiger partial charge on any atom is 0.177 e. The minimum absolute atomic E-state index is 0.355. The highest BCUT2D eigenvalue weighted by Crippen LogP contribution is 2.19. The van der Waals surface area contributed by atoms with Gasteiger partial charge in [0.25, 0.3) is 0 Å². The standard InChI is InChI=1S/C13H19N5O2/c1-3-19-13(20-4-2)8-18-12(14)5-11(17-18)10-6-15-9-16-7-10/h5-7,9,13H,3-4,8,14H2,1-2H3. The first-order valence-corrected chi connectivity index (χ1v) is 6.56. The summed E-state index contributed by atoms with van der Waals surface area (Å²) in [5, 5.41) is 4.44. The van der Waals surface area contributed by atoms with Gasteiger partial charge in [-0.2, -0.15) is 5.10 Å². The van der Waals surface area contributed by atoms with Crippen LogP contribution in [-0.4, -0.2) is 39.3 Å². The van der Waals surface area contributed by atoms with Crippen LogP contribution in [0.15, 0.2) is 24.8 Å². The molecule has 0 fully saturated rings. The summed E-state index contributed by atoms with van der Waals surface area (Å²) >= 11 is 0. The normalized spacial score (nSPS) is 11.2. The van der Waals surface area contributed by atoms with E-state index in [0.29, 0.717) is 25.6 Å². The molecule has 0 aromatic carbocycles. The average molecular weight is 277 g/mol. The number of hydrogen-bond donors (Lipinski definition) is 1. The molecule has 0 aliphatic rings. The number of nitrogens with two attached hydrogens (primary N) is 1. The summed E-state index contributed by atoms with van der Waals surface area (Å²) < 4.78 is 12.7. The summed E-state index contributed by atoms with van der Waals surface area (Å²) in [4.78, 5) is 7.94. The van der Waals surface area contributed by atoms with Gasteiger partial charge >= 0.3 is 0 Å². The van der Waals surface area contributed by atoms with Crippen molar-refractivity contribution in [3.8, 4) is 11.3 Å². The van der Waals surface area contributed by atoms with E-state index in [2.05, 4.69) is 15.1 Å². The molecule has 7 nitrogen and oxygen atoms in total. The number of nitrogen functional groups attached to an aromatic ring is 1. The number of anilines is 1. The lowest BCUT2D eigenvalue weighted by Crippen LogP contribution is -2.25. The third-order valence-electron chi connectivity index (χ3n) is 2.69. The Bertz CT molecular complexity index is 523. The molecule has 0 saturated carbocycles. The topological polar surface area (TPSA) is 88.1 Å². The van der Waals surface area contributed by atoms with Crippen molar-refractivity contribution < 1.29 is 9.47 Å². The average Bonchev–Trinajstić information content (AvgIpc) is 2.82. The summed E-state index contributed by atoms with van der Waals surface area (Å²) in [6.07, 6.45) is 4.51. The summed E-state index contributed by atoms with van der Waals surface area (Å²) in [6.45, 7) is 5.44. The van der Waals surface area contributed by atoms with Gasteiger partial charge in [-0.1, -0.05) is 0 Å². The fourth-order valence-electron chi connectivity index (χ4n) is 1.82. The zero-order chi connectivity index (χ0) is 14.4. The van der Waals surface area contributed by atoms with Gasteiger partial charge in [-0.3, -0.25) is 0 Å². The van der Waals surface area contributed by atoms with E-state index in [0.717, 1.165) is 11.3 Å². The molecule has 0 amide bonds. The highest BCUT2D eigenvalue weighted by atomic mass is 16.7. The SMILES string of the molecule is CCOC(Cn1nc(-c2cncnc2)cc1N)OCC. The van der Waals surface area contributed by atoms with Crippen LogP contribution < -0.4 is 5.73 Å². The number of rotatable bonds is 7. The molecular formula is C13H19N5O2. The predicted molar refractivity (Wildman–Crippen MR) is 74.7 cm³/mol. The molecule has 0 unspecified atom stereocenters. The van der Waals surface area contributed by atoms with Gasteiger partial charge in [0.15, 0.2) is 6.29 Å². The Morgan fingerprint density at radius 1 is 1.20 bits per heavy atom. The van der Waals surface area contributed by atoms with Gasteiger partial charge in [0.2, 0.25) is 0 Å². The number of aromatic nitrogens is 4. The quantitative estimate of drug-likeness (QED) is 0.768. The fourth-order valence-corrected chi connectivity index (χ4v) is 1.82. The molecule has 7 heteroatoms. The van der Waals surface area contributed by atoms with E-state index in [-0.39, 0.29) is 6.29 Å². The number of nitrogens with zero attached hydrogens (tertiary/aromatic N) is 4. The lowest BCUT2D eigenvalue weighted by Gasteiger charge is -2.17. The van der Waals surface area contributed by atoms with Gasteiger partial charge in [0.05, 0.1) is 12.2 Å². The minimum Gasteiger partial charge on any atom is -0.384 e. The van der Waals surface area contributed by atoms with Crippen molar-refractivity contribution in [3.63, 3.8) is 0 Å². The summed E-state index contributed by atoms with van der Waals surface area (Å²) in [6, 6.07) is 1.79. The van der Waals surface area contributed by atoms with Crippen LogP contribution in [0.2, 0.25) is 0 Å². The molecule has 0 spiro atoms. The molecule has 2 aromatic rings. The Kier molecular flexibility index (Phi) is 5.03. The van der Waals surface area contributed by atoms with Gasteiger partial charge in [0, 0.05) is 37.2 Å². The first-order chi connectivity index (χ1) is 9.74. The van der Waals surface area contributed by atoms with E-state index >= 15 is 0 Å². The van der Waals surface area contributed by atoms with E-state index in [9.17, 15) is 0 Å². The molecule has 2 N–H and O–H groups in total. The maximum atomic E-state index is 5.97. The smallest absolute Gasteiger partial charge is 0.177 e. The van der Waals surface area contributed by atoms with E-state index in [1.807, 2.05) is 13.8 Å². The molecule has 0 aliphatic heterocycles. The fraction of sp³-hybridized carbons (Fsp3) is 0.462. The van der Waals surface area contributed by atoms with Crippen molar-refractivity contribution >= 4 is 5.82 Å². The van der Waals surface area contributed by atoms with Crippen LogP contribution in [0.4, 0.5) is 5.82 Å². The van der Waals surface area contributed by atoms with Crippen molar-refractivity contribution in [2.24, 2.45) is 0 Å². The first-order valence-electron chi connectivity index (χ1n) is 6.56. The van der Waals surface area contributed by atoms with E-state index < -0.39 is 0 Å². The van der Waals surface area contributed by atoms with Crippen LogP contribution in [0.5, 0.6) is 0 Å². The lowest BCUT2D eigenvalue weighted by molar-refractivity contribution is -0.144. The van der Waals surface area contributed by atoms with Crippen LogP contribution in [0, 0.1) is 0 Å². The molecule has 2 heterocycles. The first kappa shape index (κ1) is 14.4. The van der Waals surface area contributed by atoms with Crippen molar-refractivity contribution in [2.75, 3.05) is 18.9 Å². The largest absolute Gasteiger partial charge is 0.384 e. The number of ether oxygens (including phenoxy) is 2. The third-order valence-corrected chi connectivity index (χ3v) is 2.69. The van der Waals surface area contributed by atoms with Crippen LogP contribution in [0.3, 0.4) is 0 Å². The second-order valence-electron chi connectivity index (χ2n) is 4.10. The molecule has 20 heavy (non-hydrogen) atoms. The molecule has 0 aliphatic carbocycles. The van der Waals surface area contributed by atoms with Crippen molar-refractivity contribution in [1.29, 1.82) is 0 Å². The zero-order valence-corrected chi connectivity index (χ0v) is 11.7. The molecule has 108 valence electrons. The third kappa shape index (κ3) is 3.52. The van der Waals surface area contributed by atoms with Gasteiger partial charge in [-0.25, -0.2) is 14.6 Å². The molecule has 0 radical (unpaired) electrons. The predicted octanol–water partition coefficient (Wildman–Crippen LogP) is 1.32. The van der Waals surface area contributed by atoms with Gasteiger partial charge < -0.3 is 15.2 Å². The van der Waals surface area contributed by atoms with Crippen molar-refractivity contribution in [1.82, 2.24) is 19.7 Å². The van der Waals surface area contributed by atoms with Gasteiger partial charge in [-0.05, 0) is 13.8 Å². The van der Waals surface area contributed by atoms with Crippen molar-refractivity contribution in [3.05, 3.63) is 24.8 Å². The Balaban J connectivity index is 2.15. The van der Waals surface area contributed by atoms with Crippen LogP contribution in [0.1, 0.15) is 13.8 Å². The Morgan fingerprint density at radius 2 is 1.85 bits per heavy atom. The minimum atomic E-state index is -0.355. The second-order valence-corrected chi connectivity index (χ2v) is 4.10. The van der Waals surface area contributed by atoms with Crippen molar-refractivity contribution in [2.45, 2.75) is 26.7 Å². The van der Waals surface area contributed by atoms with E-state index in [1.165, 1.54) is 6.33 Å². The highest BCUT2D eigenvalue weighted by Gasteiger charge is 2.13. The molecule has 2 rings (SSSR count). The van der Waals surface area contributed by atoms with Crippen LogP contribution >= 0.6 is 0 Å². The highest BCUT2D eigenvalue weighted by molar-refractivity contribution is 5.60. The molecule has 2 aromatic heterocycles. The van der Waals surface area contributed by atoms with E-state index in [4.69, 9.17) is 15.2 Å². The summed E-state index contributed by atoms with van der Waals surface area (Å²) in [7, 11) is 0. The molecule has 0 bridgehead atoms. The second kappa shape index (κ2) is 6.97. The van der Waals surface area contributed by atoms with Crippen LogP contribution in [-0.2, 0) is 16.0 Å². The maximum absolute atomic E-state index is 5.97. The monoisotopic (exact) mass is 277 g/mol. The molecular weight excluding hydrogens is 258 g/mol. The van der Waals surface area contributed by atoms with Gasteiger partial charge in [-0.15, -0.1) is 0 Å². The summed E-state index contributed by atoms with van der Waals surface area (Å²) in [5.41, 5.74) is 7.52. The molecule has 0 atom stereocenters. The Hall–Kier alpha value is -1.99. The zero-order valence-electron chi connectivity index (χ0n) is 11.7. The Morgan fingerprint density at radius 3 is 2.45 bits per heavy atom. The van der Waals surface area contributed by atoms with Gasteiger partial charge in [0.1, 0.15) is 12.1 Å². The van der Waals surface area contributed by atoms with Crippen LogP contribution in [0.25, 0.3) is 11.3 Å². The number of hydrogen-bond acceptors (Lipinski definition) is 6.